The summed E-state index contributed by atoms with van der Waals surface area (Å²) >= 11 is 0. The van der Waals surface area contributed by atoms with Crippen LogP contribution in [-0.2, 0) is 28.8 Å². The normalized spacial score (nSPS) is 13.8. The summed E-state index contributed by atoms with van der Waals surface area (Å²) in [7, 11) is -1.17. The Morgan fingerprint density at radius 3 is 2.25 bits per heavy atom. The van der Waals surface area contributed by atoms with E-state index >= 15 is 0 Å². The highest BCUT2D eigenvalue weighted by molar-refractivity contribution is 7.92. The lowest BCUT2D eigenvalue weighted by Gasteiger charge is -2.23. The third-order valence-electron chi connectivity index (χ3n) is 3.48. The van der Waals surface area contributed by atoms with E-state index in [1.165, 1.54) is 6.26 Å². The Balaban J connectivity index is 2.78. The molecule has 0 saturated carbocycles. The average molecular weight is 301 g/mol. The molecule has 0 atom stereocenters. The summed E-state index contributed by atoms with van der Waals surface area (Å²) in [5.74, 6) is 0. The van der Waals surface area contributed by atoms with E-state index in [0.29, 0.717) is 13.1 Å². The van der Waals surface area contributed by atoms with Gasteiger partial charge in [-0.05, 0) is 13.8 Å². The second-order valence-electron chi connectivity index (χ2n) is 7.06. The first-order valence-electron chi connectivity index (χ1n) is 6.78. The van der Waals surface area contributed by atoms with Gasteiger partial charge in [-0.3, -0.25) is 4.68 Å². The highest BCUT2D eigenvalue weighted by Gasteiger charge is 2.30. The van der Waals surface area contributed by atoms with Crippen LogP contribution >= 0.6 is 0 Å². The van der Waals surface area contributed by atoms with Gasteiger partial charge in [0, 0.05) is 43.6 Å². The van der Waals surface area contributed by atoms with Crippen molar-refractivity contribution in [1.29, 1.82) is 0 Å². The van der Waals surface area contributed by atoms with Gasteiger partial charge in [0.15, 0.2) is 9.84 Å². The molecular weight excluding hydrogens is 274 g/mol. The topological polar surface area (TPSA) is 64.0 Å². The van der Waals surface area contributed by atoms with Crippen LogP contribution in [0, 0.1) is 0 Å². The zero-order valence-electron chi connectivity index (χ0n) is 13.6. The van der Waals surface area contributed by atoms with Crippen LogP contribution in [0.5, 0.6) is 0 Å². The maximum absolute atomic E-state index is 11.7. The van der Waals surface area contributed by atoms with Crippen LogP contribution < -0.4 is 5.32 Å². The molecule has 1 rings (SSSR count). The highest BCUT2D eigenvalue weighted by Crippen LogP contribution is 2.24. The number of hydrogen-bond donors (Lipinski definition) is 1. The van der Waals surface area contributed by atoms with E-state index in [0.717, 1.165) is 11.3 Å². The lowest BCUT2D eigenvalue weighted by molar-refractivity contribution is 0.514. The molecule has 0 radical (unpaired) electrons. The van der Waals surface area contributed by atoms with Gasteiger partial charge in [-0.15, -0.1) is 0 Å². The average Bonchev–Trinajstić information content (AvgIpc) is 2.57. The van der Waals surface area contributed by atoms with Crippen molar-refractivity contribution < 1.29 is 8.42 Å². The third kappa shape index (κ3) is 4.06. The van der Waals surface area contributed by atoms with Crippen LogP contribution in [0.4, 0.5) is 0 Å². The Bertz CT molecular complexity index is 566. The molecule has 6 heteroatoms. The molecule has 0 aliphatic heterocycles. The van der Waals surface area contributed by atoms with Crippen molar-refractivity contribution in [1.82, 2.24) is 15.1 Å². The van der Waals surface area contributed by atoms with Crippen LogP contribution in [0.25, 0.3) is 0 Å². The van der Waals surface area contributed by atoms with Gasteiger partial charge in [0.1, 0.15) is 0 Å². The number of aromatic nitrogens is 2. The van der Waals surface area contributed by atoms with Gasteiger partial charge in [-0.2, -0.15) is 5.10 Å². The first kappa shape index (κ1) is 17.2. The molecule has 0 saturated heterocycles. The number of nitrogens with one attached hydrogen (secondary N) is 1. The second-order valence-corrected chi connectivity index (χ2v) is 9.71. The fourth-order valence-corrected chi connectivity index (χ4v) is 2.29. The summed E-state index contributed by atoms with van der Waals surface area (Å²) in [6, 6.07) is 0. The van der Waals surface area contributed by atoms with Gasteiger partial charge in [-0.25, -0.2) is 8.42 Å². The van der Waals surface area contributed by atoms with Crippen LogP contribution in [0.1, 0.15) is 45.9 Å². The lowest BCUT2D eigenvalue weighted by atomic mass is 9.89. The maximum atomic E-state index is 11.7. The van der Waals surface area contributed by atoms with Gasteiger partial charge in [0.25, 0.3) is 0 Å². The first-order chi connectivity index (χ1) is 8.84. The molecule has 0 aromatic carbocycles. The number of sulfone groups is 1. The molecule has 1 aromatic rings. The van der Waals surface area contributed by atoms with Crippen LogP contribution in [-0.4, -0.2) is 35.7 Å². The number of aryl methyl sites for hydroxylation is 1. The van der Waals surface area contributed by atoms with Gasteiger partial charge >= 0.3 is 0 Å². The zero-order chi connectivity index (χ0) is 15.8. The van der Waals surface area contributed by atoms with Crippen molar-refractivity contribution >= 4 is 9.84 Å². The highest BCUT2D eigenvalue weighted by atomic mass is 32.2. The molecule has 1 aromatic heterocycles. The zero-order valence-corrected chi connectivity index (χ0v) is 14.4. The van der Waals surface area contributed by atoms with Gasteiger partial charge in [0.2, 0.25) is 0 Å². The predicted octanol–water partition coefficient (Wildman–Crippen LogP) is 1.63. The molecule has 0 unspecified atom stereocenters. The Kier molecular flexibility index (Phi) is 4.71. The fraction of sp³-hybridized carbons (Fsp3) is 0.786. The van der Waals surface area contributed by atoms with E-state index in [1.807, 2.05) is 13.2 Å². The van der Waals surface area contributed by atoms with Crippen molar-refractivity contribution in [3.63, 3.8) is 0 Å². The van der Waals surface area contributed by atoms with E-state index in [1.54, 1.807) is 18.5 Å². The minimum Gasteiger partial charge on any atom is -0.311 e. The van der Waals surface area contributed by atoms with Crippen LogP contribution in [0.15, 0.2) is 6.20 Å². The minimum atomic E-state index is -3.07. The molecule has 5 nitrogen and oxygen atoms in total. The van der Waals surface area contributed by atoms with E-state index in [-0.39, 0.29) is 5.41 Å². The molecular formula is C14H27N3O2S. The van der Waals surface area contributed by atoms with Crippen molar-refractivity contribution in [2.24, 2.45) is 7.05 Å². The fourth-order valence-electron chi connectivity index (χ4n) is 1.93. The molecule has 0 aliphatic carbocycles. The number of rotatable bonds is 5. The summed E-state index contributed by atoms with van der Waals surface area (Å²) in [6.07, 6.45) is 3.26. The van der Waals surface area contributed by atoms with Gasteiger partial charge in [-0.1, -0.05) is 20.8 Å². The summed E-state index contributed by atoms with van der Waals surface area (Å²) < 4.78 is 24.4. The maximum Gasteiger partial charge on any atom is 0.153 e. The van der Waals surface area contributed by atoms with Gasteiger partial charge in [0.05, 0.1) is 10.4 Å². The predicted molar refractivity (Wildman–Crippen MR) is 82.5 cm³/mol. The number of nitrogens with zero attached hydrogens (tertiary/aromatic N) is 2. The van der Waals surface area contributed by atoms with Crippen molar-refractivity contribution in [3.05, 3.63) is 17.5 Å². The smallest absolute Gasteiger partial charge is 0.153 e. The quantitative estimate of drug-likeness (QED) is 0.898. The Morgan fingerprint density at radius 1 is 1.25 bits per heavy atom. The van der Waals surface area contributed by atoms with E-state index < -0.39 is 14.6 Å². The van der Waals surface area contributed by atoms with Crippen molar-refractivity contribution in [3.8, 4) is 0 Å². The summed E-state index contributed by atoms with van der Waals surface area (Å²) in [5.41, 5.74) is 2.14. The van der Waals surface area contributed by atoms with Crippen molar-refractivity contribution in [2.75, 3.05) is 12.8 Å². The SMILES string of the molecule is Cn1cc(CNCC(C)(C)S(C)(=O)=O)c(C(C)(C)C)n1. The molecule has 0 fully saturated rings. The number of hydrogen-bond acceptors (Lipinski definition) is 4. The summed E-state index contributed by atoms with van der Waals surface area (Å²) in [4.78, 5) is 0. The standard InChI is InChI=1S/C14H27N3O2S/c1-13(2,3)12-11(9-17(6)16-12)8-15-10-14(4,5)20(7,18)19/h9,15H,8,10H2,1-7H3. The Labute approximate surface area is 122 Å². The lowest BCUT2D eigenvalue weighted by Crippen LogP contribution is -2.41. The van der Waals surface area contributed by atoms with Crippen LogP contribution in [0.3, 0.4) is 0 Å². The summed E-state index contributed by atoms with van der Waals surface area (Å²) in [6.45, 7) is 10.9. The molecule has 0 bridgehead atoms. The minimum absolute atomic E-state index is 0.0232. The Hall–Kier alpha value is -0.880. The monoisotopic (exact) mass is 301 g/mol. The Morgan fingerprint density at radius 2 is 1.80 bits per heavy atom. The first-order valence-corrected chi connectivity index (χ1v) is 8.67. The molecule has 116 valence electrons. The summed E-state index contributed by atoms with van der Waals surface area (Å²) in [5, 5.41) is 7.75. The van der Waals surface area contributed by atoms with Crippen molar-refractivity contribution in [2.45, 2.75) is 51.3 Å². The van der Waals surface area contributed by atoms with Gasteiger partial charge < -0.3 is 5.32 Å². The molecule has 0 amide bonds. The molecule has 1 N–H and O–H groups in total. The largest absolute Gasteiger partial charge is 0.311 e. The third-order valence-corrected chi connectivity index (χ3v) is 5.64. The van der Waals surface area contributed by atoms with E-state index in [2.05, 4.69) is 31.2 Å². The molecule has 1 heterocycles. The van der Waals surface area contributed by atoms with E-state index in [4.69, 9.17) is 0 Å². The van der Waals surface area contributed by atoms with E-state index in [9.17, 15) is 8.42 Å². The molecule has 0 aliphatic rings. The molecule has 0 spiro atoms. The second kappa shape index (κ2) is 5.48. The molecule has 20 heavy (non-hydrogen) atoms. The van der Waals surface area contributed by atoms with Crippen LogP contribution in [0.2, 0.25) is 0 Å².